The Bertz CT molecular complexity index is 263. The molecule has 1 aromatic heterocycles. The highest BCUT2D eigenvalue weighted by atomic mass is 16.2. The second kappa shape index (κ2) is 5.42. The Morgan fingerprint density at radius 2 is 2.07 bits per heavy atom. The molecule has 0 N–H and O–H groups in total. The Balaban J connectivity index is 2.63. The first kappa shape index (κ1) is 10.8. The molecule has 4 heteroatoms. The number of amides is 1. The van der Waals surface area contributed by atoms with Gasteiger partial charge in [0, 0.05) is 25.5 Å². The number of hydrogen-bond acceptors (Lipinski definition) is 2. The molecule has 0 saturated heterocycles. The standard InChI is InChI=1S/C10H16N3O/c1-3-6-12(7-4-2)10(14)13-8-5-11-9-13/h5,8H,3-4,6-7H2,1-2H3. The van der Waals surface area contributed by atoms with Crippen molar-refractivity contribution >= 4 is 6.03 Å². The van der Waals surface area contributed by atoms with Gasteiger partial charge in [-0.2, -0.15) is 0 Å². The van der Waals surface area contributed by atoms with Crippen molar-refractivity contribution in [1.29, 1.82) is 0 Å². The quantitative estimate of drug-likeness (QED) is 0.732. The maximum absolute atomic E-state index is 11.8. The molecule has 0 aromatic carbocycles. The van der Waals surface area contributed by atoms with E-state index in [0.29, 0.717) is 0 Å². The fraction of sp³-hybridized carbons (Fsp3) is 0.600. The summed E-state index contributed by atoms with van der Waals surface area (Å²) < 4.78 is 1.39. The van der Waals surface area contributed by atoms with Gasteiger partial charge in [-0.3, -0.25) is 0 Å². The summed E-state index contributed by atoms with van der Waals surface area (Å²) in [5.74, 6) is 0. The van der Waals surface area contributed by atoms with E-state index in [2.05, 4.69) is 25.2 Å². The first-order chi connectivity index (χ1) is 6.79. The molecule has 1 aromatic rings. The summed E-state index contributed by atoms with van der Waals surface area (Å²) in [7, 11) is 0. The van der Waals surface area contributed by atoms with Gasteiger partial charge in [0.25, 0.3) is 0 Å². The molecule has 77 valence electrons. The third-order valence-corrected chi connectivity index (χ3v) is 1.92. The van der Waals surface area contributed by atoms with Crippen LogP contribution in [0, 0.1) is 6.33 Å². The molecule has 4 nitrogen and oxygen atoms in total. The largest absolute Gasteiger partial charge is 0.329 e. The van der Waals surface area contributed by atoms with Gasteiger partial charge in [0.15, 0.2) is 6.33 Å². The van der Waals surface area contributed by atoms with E-state index < -0.39 is 0 Å². The zero-order valence-corrected chi connectivity index (χ0v) is 8.73. The summed E-state index contributed by atoms with van der Waals surface area (Å²) >= 11 is 0. The minimum Gasteiger partial charge on any atom is -0.324 e. The van der Waals surface area contributed by atoms with Gasteiger partial charge >= 0.3 is 6.03 Å². The SMILES string of the molecule is CCCN(CCC)C(=O)n1[c]ncc1. The van der Waals surface area contributed by atoms with E-state index in [9.17, 15) is 4.79 Å². The predicted octanol–water partition coefficient (Wildman–Crippen LogP) is 1.77. The van der Waals surface area contributed by atoms with Crippen LogP contribution in [0.25, 0.3) is 0 Å². The molecule has 0 spiro atoms. The van der Waals surface area contributed by atoms with Crippen LogP contribution in [-0.4, -0.2) is 33.6 Å². The van der Waals surface area contributed by atoms with Crippen molar-refractivity contribution in [2.45, 2.75) is 26.7 Å². The first-order valence-corrected chi connectivity index (χ1v) is 4.99. The normalized spacial score (nSPS) is 10.1. The molecule has 0 unspecified atom stereocenters. The molecule has 0 saturated carbocycles. The number of carbonyl (C=O) groups is 1. The second-order valence-electron chi connectivity index (χ2n) is 3.17. The lowest BCUT2D eigenvalue weighted by atomic mass is 10.4. The van der Waals surface area contributed by atoms with Gasteiger partial charge in [0.05, 0.1) is 0 Å². The van der Waals surface area contributed by atoms with E-state index >= 15 is 0 Å². The fourth-order valence-electron chi connectivity index (χ4n) is 1.33. The van der Waals surface area contributed by atoms with E-state index in [-0.39, 0.29) is 6.03 Å². The molecule has 0 fully saturated rings. The van der Waals surface area contributed by atoms with E-state index in [0.717, 1.165) is 25.9 Å². The lowest BCUT2D eigenvalue weighted by Crippen LogP contribution is -2.35. The molecular formula is C10H16N3O. The highest BCUT2D eigenvalue weighted by Crippen LogP contribution is 1.99. The van der Waals surface area contributed by atoms with Crippen molar-refractivity contribution in [2.75, 3.05) is 13.1 Å². The van der Waals surface area contributed by atoms with E-state index in [1.165, 1.54) is 4.57 Å². The summed E-state index contributed by atoms with van der Waals surface area (Å²) in [6, 6.07) is -0.0359. The molecule has 1 amide bonds. The number of nitrogens with zero attached hydrogens (tertiary/aromatic N) is 3. The maximum Gasteiger partial charge on any atom is 0.329 e. The Morgan fingerprint density at radius 3 is 2.50 bits per heavy atom. The zero-order valence-electron chi connectivity index (χ0n) is 8.73. The number of carbonyl (C=O) groups excluding carboxylic acids is 1. The molecule has 0 aliphatic rings. The highest BCUT2D eigenvalue weighted by Gasteiger charge is 2.12. The summed E-state index contributed by atoms with van der Waals surface area (Å²) in [6.07, 6.45) is 7.74. The maximum atomic E-state index is 11.8. The number of hydrogen-bond donors (Lipinski definition) is 0. The molecule has 0 bridgehead atoms. The minimum absolute atomic E-state index is 0.0359. The summed E-state index contributed by atoms with van der Waals surface area (Å²) in [5.41, 5.74) is 0. The van der Waals surface area contributed by atoms with Crippen LogP contribution in [0.5, 0.6) is 0 Å². The Kier molecular flexibility index (Phi) is 4.16. The predicted molar refractivity (Wildman–Crippen MR) is 54.0 cm³/mol. The van der Waals surface area contributed by atoms with Gasteiger partial charge in [-0.05, 0) is 12.8 Å². The lowest BCUT2D eigenvalue weighted by molar-refractivity contribution is 0.199. The first-order valence-electron chi connectivity index (χ1n) is 4.99. The number of aromatic nitrogens is 2. The third kappa shape index (κ3) is 2.58. The van der Waals surface area contributed by atoms with Crippen LogP contribution in [0.3, 0.4) is 0 Å². The van der Waals surface area contributed by atoms with Crippen molar-refractivity contribution in [3.05, 3.63) is 18.7 Å². The smallest absolute Gasteiger partial charge is 0.324 e. The van der Waals surface area contributed by atoms with Crippen LogP contribution in [0.2, 0.25) is 0 Å². The van der Waals surface area contributed by atoms with Crippen LogP contribution in [0.15, 0.2) is 12.4 Å². The molecular weight excluding hydrogens is 178 g/mol. The van der Waals surface area contributed by atoms with Crippen molar-refractivity contribution in [1.82, 2.24) is 14.5 Å². The summed E-state index contributed by atoms with van der Waals surface area (Å²) in [4.78, 5) is 17.4. The van der Waals surface area contributed by atoms with Gasteiger partial charge in [-0.15, -0.1) is 0 Å². The van der Waals surface area contributed by atoms with Crippen LogP contribution < -0.4 is 0 Å². The lowest BCUT2D eigenvalue weighted by Gasteiger charge is -2.20. The highest BCUT2D eigenvalue weighted by molar-refractivity contribution is 5.76. The van der Waals surface area contributed by atoms with Gasteiger partial charge in [-0.1, -0.05) is 13.8 Å². The van der Waals surface area contributed by atoms with E-state index in [4.69, 9.17) is 0 Å². The molecule has 1 radical (unpaired) electrons. The molecule has 0 atom stereocenters. The third-order valence-electron chi connectivity index (χ3n) is 1.92. The Morgan fingerprint density at radius 1 is 1.43 bits per heavy atom. The van der Waals surface area contributed by atoms with Crippen molar-refractivity contribution < 1.29 is 4.79 Å². The van der Waals surface area contributed by atoms with Crippen molar-refractivity contribution in [3.63, 3.8) is 0 Å². The van der Waals surface area contributed by atoms with Crippen LogP contribution >= 0.6 is 0 Å². The molecule has 0 aliphatic carbocycles. The second-order valence-corrected chi connectivity index (χ2v) is 3.17. The minimum atomic E-state index is -0.0359. The summed E-state index contributed by atoms with van der Waals surface area (Å²) in [5, 5.41) is 0. The molecule has 1 heterocycles. The molecule has 1 rings (SSSR count). The summed E-state index contributed by atoms with van der Waals surface area (Å²) in [6.45, 7) is 5.71. The number of imidazole rings is 1. The monoisotopic (exact) mass is 194 g/mol. The average Bonchev–Trinajstić information content (AvgIpc) is 2.69. The Hall–Kier alpha value is -1.32. The van der Waals surface area contributed by atoms with Gasteiger partial charge in [-0.25, -0.2) is 14.3 Å². The van der Waals surface area contributed by atoms with Crippen LogP contribution in [0.4, 0.5) is 4.79 Å². The molecule has 0 aliphatic heterocycles. The van der Waals surface area contributed by atoms with Crippen molar-refractivity contribution in [3.8, 4) is 0 Å². The van der Waals surface area contributed by atoms with Gasteiger partial charge < -0.3 is 4.90 Å². The van der Waals surface area contributed by atoms with Gasteiger partial charge in [0.1, 0.15) is 0 Å². The zero-order chi connectivity index (χ0) is 10.4. The Labute approximate surface area is 84.5 Å². The van der Waals surface area contributed by atoms with E-state index in [1.807, 2.05) is 4.90 Å². The van der Waals surface area contributed by atoms with Crippen molar-refractivity contribution in [2.24, 2.45) is 0 Å². The van der Waals surface area contributed by atoms with Crippen LogP contribution in [0.1, 0.15) is 26.7 Å². The van der Waals surface area contributed by atoms with E-state index in [1.54, 1.807) is 12.4 Å². The van der Waals surface area contributed by atoms with Crippen LogP contribution in [-0.2, 0) is 0 Å². The fourth-order valence-corrected chi connectivity index (χ4v) is 1.33. The number of rotatable bonds is 4. The molecule has 14 heavy (non-hydrogen) atoms. The van der Waals surface area contributed by atoms with Gasteiger partial charge in [0.2, 0.25) is 0 Å². The topological polar surface area (TPSA) is 38.1 Å². The average molecular weight is 194 g/mol.